The van der Waals surface area contributed by atoms with Gasteiger partial charge in [-0.2, -0.15) is 5.10 Å². The van der Waals surface area contributed by atoms with Crippen molar-refractivity contribution in [2.75, 3.05) is 13.2 Å². The number of esters is 1. The van der Waals surface area contributed by atoms with Crippen molar-refractivity contribution in [1.82, 2.24) is 14.3 Å². The average Bonchev–Trinajstić information content (AvgIpc) is 3.10. The normalized spacial score (nSPS) is 15.2. The van der Waals surface area contributed by atoms with Crippen molar-refractivity contribution in [3.05, 3.63) is 46.2 Å². The van der Waals surface area contributed by atoms with E-state index in [1.54, 1.807) is 19.2 Å². The van der Waals surface area contributed by atoms with E-state index in [4.69, 9.17) is 14.6 Å². The molecule has 1 aromatic carbocycles. The van der Waals surface area contributed by atoms with Crippen LogP contribution in [0.25, 0.3) is 22.3 Å². The number of aromatic nitrogens is 3. The van der Waals surface area contributed by atoms with Crippen LogP contribution in [-0.2, 0) is 16.1 Å². The maximum atomic E-state index is 12.9. The lowest BCUT2D eigenvalue weighted by Crippen LogP contribution is -2.35. The second kappa shape index (κ2) is 7.93. The van der Waals surface area contributed by atoms with Crippen LogP contribution in [0, 0.1) is 5.41 Å². The summed E-state index contributed by atoms with van der Waals surface area (Å²) in [6, 6.07) is 6.96. The van der Waals surface area contributed by atoms with Crippen molar-refractivity contribution in [3.63, 3.8) is 0 Å². The Kier molecular flexibility index (Phi) is 5.40. The number of hydrogen-bond donors (Lipinski definition) is 0. The van der Waals surface area contributed by atoms with E-state index < -0.39 is 11.4 Å². The summed E-state index contributed by atoms with van der Waals surface area (Å²) in [5.41, 5.74) is 1.54. The second-order valence-corrected chi connectivity index (χ2v) is 9.12. The number of hydrogen-bond acceptors (Lipinski definition) is 6. The van der Waals surface area contributed by atoms with Gasteiger partial charge in [0.1, 0.15) is 23.4 Å². The molecule has 0 fully saturated rings. The fraction of sp³-hybridized carbons (Fsp3) is 0.417. The molecular weight excluding hydrogens is 410 g/mol. The summed E-state index contributed by atoms with van der Waals surface area (Å²) in [5.74, 6) is -0.185. The molecule has 0 saturated heterocycles. The number of pyridine rings is 1. The van der Waals surface area contributed by atoms with Crippen molar-refractivity contribution >= 4 is 22.7 Å². The van der Waals surface area contributed by atoms with Crippen molar-refractivity contribution in [1.29, 1.82) is 0 Å². The minimum atomic E-state index is -0.621. The van der Waals surface area contributed by atoms with E-state index in [1.807, 2.05) is 21.4 Å². The molecule has 0 spiro atoms. The third-order valence-corrected chi connectivity index (χ3v) is 5.66. The Balaban J connectivity index is 1.95. The van der Waals surface area contributed by atoms with Gasteiger partial charge in [0.2, 0.25) is 0 Å². The molecule has 32 heavy (non-hydrogen) atoms. The van der Waals surface area contributed by atoms with E-state index >= 15 is 0 Å². The summed E-state index contributed by atoms with van der Waals surface area (Å²) >= 11 is 0. The Morgan fingerprint density at radius 1 is 1.25 bits per heavy atom. The quantitative estimate of drug-likeness (QED) is 0.566. The van der Waals surface area contributed by atoms with Crippen LogP contribution in [0.2, 0.25) is 0 Å². The summed E-state index contributed by atoms with van der Waals surface area (Å²) in [6.07, 6.45) is 1.62. The van der Waals surface area contributed by atoms with Gasteiger partial charge in [-0.3, -0.25) is 14.3 Å². The molecule has 0 N–H and O–H groups in total. The van der Waals surface area contributed by atoms with Crippen LogP contribution in [0.3, 0.4) is 0 Å². The highest BCUT2D eigenvalue weighted by Crippen LogP contribution is 2.43. The van der Waals surface area contributed by atoms with Gasteiger partial charge in [-0.1, -0.05) is 32.9 Å². The van der Waals surface area contributed by atoms with Gasteiger partial charge in [0.15, 0.2) is 11.2 Å². The number of ketones is 1. The summed E-state index contributed by atoms with van der Waals surface area (Å²) in [6.45, 7) is 10.2. The third-order valence-electron chi connectivity index (χ3n) is 5.66. The maximum Gasteiger partial charge on any atom is 0.343 e. The minimum Gasteiger partial charge on any atom is -0.483 e. The summed E-state index contributed by atoms with van der Waals surface area (Å²) < 4.78 is 14.7. The van der Waals surface area contributed by atoms with E-state index in [1.165, 1.54) is 13.0 Å². The lowest BCUT2D eigenvalue weighted by atomic mass is 9.85. The predicted molar refractivity (Wildman–Crippen MR) is 120 cm³/mol. The summed E-state index contributed by atoms with van der Waals surface area (Å²) in [7, 11) is 0. The van der Waals surface area contributed by atoms with Crippen molar-refractivity contribution < 1.29 is 19.1 Å². The van der Waals surface area contributed by atoms with Crippen molar-refractivity contribution in [2.45, 2.75) is 47.2 Å². The van der Waals surface area contributed by atoms with Gasteiger partial charge in [-0.05, 0) is 25.3 Å². The van der Waals surface area contributed by atoms with Crippen LogP contribution in [0.4, 0.5) is 0 Å². The Labute approximate surface area is 185 Å². The lowest BCUT2D eigenvalue weighted by Gasteiger charge is -2.38. The van der Waals surface area contributed by atoms with Gasteiger partial charge in [0.05, 0.1) is 30.6 Å². The van der Waals surface area contributed by atoms with Gasteiger partial charge in [0, 0.05) is 17.6 Å². The van der Waals surface area contributed by atoms with Gasteiger partial charge < -0.3 is 14.0 Å². The standard InChI is InChI=1S/C24H27N3O5/c1-6-31-23(30)16-11-26-17(10-18(16)29)22-15-8-7-9-19(32-13-14(2)28)21(15)25-27(22)12-20(26)24(3,4)5/h7-11,20H,6,12-13H2,1-5H3. The SMILES string of the molecule is CCOC(=O)c1cn2c(cc1=O)-c1c3cccc(OCC(C)=O)c3nn1CC2C(C)(C)C. The molecule has 0 amide bonds. The third kappa shape index (κ3) is 3.70. The number of ether oxygens (including phenoxy) is 2. The Morgan fingerprint density at radius 2 is 2.00 bits per heavy atom. The van der Waals surface area contributed by atoms with Gasteiger partial charge >= 0.3 is 5.97 Å². The minimum absolute atomic E-state index is 0.0209. The monoisotopic (exact) mass is 437 g/mol. The van der Waals surface area contributed by atoms with Gasteiger partial charge in [-0.25, -0.2) is 4.79 Å². The zero-order chi connectivity index (χ0) is 23.2. The van der Waals surface area contributed by atoms with E-state index in [-0.39, 0.29) is 36.0 Å². The highest BCUT2D eigenvalue weighted by Gasteiger charge is 2.35. The first-order valence-electron chi connectivity index (χ1n) is 10.7. The molecule has 8 nitrogen and oxygen atoms in total. The molecular formula is C24H27N3O5. The van der Waals surface area contributed by atoms with E-state index in [0.29, 0.717) is 23.5 Å². The van der Waals surface area contributed by atoms with E-state index in [9.17, 15) is 14.4 Å². The fourth-order valence-electron chi connectivity index (χ4n) is 4.13. The molecule has 0 saturated carbocycles. The van der Waals surface area contributed by atoms with Crippen LogP contribution < -0.4 is 10.2 Å². The molecule has 3 aromatic rings. The molecule has 1 aliphatic heterocycles. The molecule has 8 heteroatoms. The number of carbonyl (C=O) groups is 2. The van der Waals surface area contributed by atoms with Crippen LogP contribution in [0.5, 0.6) is 5.75 Å². The largest absolute Gasteiger partial charge is 0.483 e. The highest BCUT2D eigenvalue weighted by molar-refractivity contribution is 5.97. The fourth-order valence-corrected chi connectivity index (χ4v) is 4.13. The van der Waals surface area contributed by atoms with E-state index in [0.717, 1.165) is 11.1 Å². The molecule has 4 rings (SSSR count). The van der Waals surface area contributed by atoms with Crippen LogP contribution in [-0.4, -0.2) is 39.3 Å². The Morgan fingerprint density at radius 3 is 2.66 bits per heavy atom. The maximum absolute atomic E-state index is 12.9. The van der Waals surface area contributed by atoms with Crippen LogP contribution in [0.15, 0.2) is 35.3 Å². The molecule has 1 atom stereocenters. The van der Waals surface area contributed by atoms with Gasteiger partial charge in [-0.15, -0.1) is 0 Å². The van der Waals surface area contributed by atoms with Crippen LogP contribution >= 0.6 is 0 Å². The topological polar surface area (TPSA) is 92.4 Å². The number of carbonyl (C=O) groups excluding carboxylic acids is 2. The predicted octanol–water partition coefficient (Wildman–Crippen LogP) is 3.61. The summed E-state index contributed by atoms with van der Waals surface area (Å²) in [5, 5.41) is 5.60. The van der Waals surface area contributed by atoms with Gasteiger partial charge in [0.25, 0.3) is 0 Å². The second-order valence-electron chi connectivity index (χ2n) is 9.12. The average molecular weight is 437 g/mol. The van der Waals surface area contributed by atoms with Crippen molar-refractivity contribution in [3.8, 4) is 17.1 Å². The Bertz CT molecular complexity index is 1280. The molecule has 168 valence electrons. The lowest BCUT2D eigenvalue weighted by molar-refractivity contribution is -0.118. The Hall–Kier alpha value is -3.42. The zero-order valence-corrected chi connectivity index (χ0v) is 19.0. The number of Topliss-reactive ketones (excluding diaryl/α,β-unsaturated/α-hetero) is 1. The smallest absolute Gasteiger partial charge is 0.343 e. The molecule has 1 unspecified atom stereocenters. The first kappa shape index (κ1) is 21.8. The molecule has 0 aliphatic carbocycles. The number of benzene rings is 1. The number of nitrogens with zero attached hydrogens (tertiary/aromatic N) is 3. The molecule has 1 aliphatic rings. The summed E-state index contributed by atoms with van der Waals surface area (Å²) in [4.78, 5) is 36.7. The number of fused-ring (bicyclic) bond motifs is 5. The highest BCUT2D eigenvalue weighted by atomic mass is 16.5. The first-order chi connectivity index (χ1) is 15.1. The van der Waals surface area contributed by atoms with Crippen LogP contribution in [0.1, 0.15) is 51.0 Å². The molecule has 0 radical (unpaired) electrons. The zero-order valence-electron chi connectivity index (χ0n) is 19.0. The van der Waals surface area contributed by atoms with E-state index in [2.05, 4.69) is 20.8 Å². The van der Waals surface area contributed by atoms with Crippen molar-refractivity contribution in [2.24, 2.45) is 5.41 Å². The molecule has 2 aromatic heterocycles. The number of rotatable bonds is 5. The molecule has 3 heterocycles. The first-order valence-corrected chi connectivity index (χ1v) is 10.7. The molecule has 0 bridgehead atoms.